The number of hydrogen-bond donors (Lipinski definition) is 2. The molecule has 0 bridgehead atoms. The summed E-state index contributed by atoms with van der Waals surface area (Å²) in [5.74, 6) is -0.153. The number of nitrogens with zero attached hydrogens (tertiary/aromatic N) is 2. The summed E-state index contributed by atoms with van der Waals surface area (Å²) in [5.41, 5.74) is 2.60. The van der Waals surface area contributed by atoms with Crippen LogP contribution in [0.25, 0.3) is 0 Å². The van der Waals surface area contributed by atoms with Crippen molar-refractivity contribution < 1.29 is 9.53 Å². The Labute approximate surface area is 107 Å². The molecule has 18 heavy (non-hydrogen) atoms. The molecule has 0 spiro atoms. The second kappa shape index (κ2) is 5.07. The number of rotatable bonds is 3. The van der Waals surface area contributed by atoms with Crippen molar-refractivity contribution in [3.63, 3.8) is 0 Å². The third kappa shape index (κ3) is 2.26. The topological polar surface area (TPSA) is 68.2 Å². The van der Waals surface area contributed by atoms with Crippen LogP contribution in [0.2, 0.25) is 0 Å². The number of aromatic nitrogens is 2. The zero-order valence-corrected chi connectivity index (χ0v) is 11.3. The number of ether oxygens (including phenoxy) is 1. The summed E-state index contributed by atoms with van der Waals surface area (Å²) >= 11 is 0. The lowest BCUT2D eigenvalue weighted by molar-refractivity contribution is -0.120. The van der Waals surface area contributed by atoms with Gasteiger partial charge in [-0.15, -0.1) is 0 Å². The molecule has 1 aromatic rings. The van der Waals surface area contributed by atoms with Gasteiger partial charge in [-0.05, 0) is 20.9 Å². The Morgan fingerprint density at radius 3 is 2.72 bits per heavy atom. The second-order valence-electron chi connectivity index (χ2n) is 4.70. The van der Waals surface area contributed by atoms with Crippen LogP contribution in [0.5, 0.6) is 0 Å². The van der Waals surface area contributed by atoms with E-state index in [-0.39, 0.29) is 17.9 Å². The van der Waals surface area contributed by atoms with Crippen LogP contribution in [-0.2, 0) is 16.6 Å². The van der Waals surface area contributed by atoms with E-state index in [4.69, 9.17) is 4.74 Å². The number of likely N-dealkylation sites (N-methyl/N-ethyl adjacent to an activating group) is 1. The van der Waals surface area contributed by atoms with E-state index >= 15 is 0 Å². The standard InChI is InChI=1S/C12H20N4O2/c1-7-11(8(2)16(4)15-7)14-12(17)9-5-18-6-10(9)13-3/h9-10,13H,5-6H2,1-4H3,(H,14,17). The first-order valence-electron chi connectivity index (χ1n) is 6.10. The quantitative estimate of drug-likeness (QED) is 0.807. The van der Waals surface area contributed by atoms with E-state index in [1.165, 1.54) is 0 Å². The van der Waals surface area contributed by atoms with Crippen LogP contribution in [-0.4, -0.2) is 42.0 Å². The average molecular weight is 252 g/mol. The summed E-state index contributed by atoms with van der Waals surface area (Å²) in [6.07, 6.45) is 0. The lowest BCUT2D eigenvalue weighted by Gasteiger charge is -2.16. The highest BCUT2D eigenvalue weighted by Crippen LogP contribution is 2.21. The Kier molecular flexibility index (Phi) is 3.68. The lowest BCUT2D eigenvalue weighted by atomic mass is 10.0. The van der Waals surface area contributed by atoms with Crippen molar-refractivity contribution in [1.29, 1.82) is 0 Å². The minimum atomic E-state index is -0.144. The predicted octanol–water partition coefficient (Wildman–Crippen LogP) is 0.210. The van der Waals surface area contributed by atoms with Crippen LogP contribution >= 0.6 is 0 Å². The fourth-order valence-electron chi connectivity index (χ4n) is 2.27. The largest absolute Gasteiger partial charge is 0.379 e. The van der Waals surface area contributed by atoms with Crippen LogP contribution in [0.3, 0.4) is 0 Å². The Bertz CT molecular complexity index is 455. The first-order valence-corrected chi connectivity index (χ1v) is 6.10. The van der Waals surface area contributed by atoms with Gasteiger partial charge in [-0.25, -0.2) is 0 Å². The predicted molar refractivity (Wildman–Crippen MR) is 68.5 cm³/mol. The summed E-state index contributed by atoms with van der Waals surface area (Å²) in [5, 5.41) is 10.4. The van der Waals surface area contributed by atoms with Gasteiger partial charge in [-0.1, -0.05) is 0 Å². The van der Waals surface area contributed by atoms with Crippen LogP contribution < -0.4 is 10.6 Å². The minimum absolute atomic E-state index is 0.00829. The van der Waals surface area contributed by atoms with E-state index in [1.54, 1.807) is 4.68 Å². The van der Waals surface area contributed by atoms with E-state index in [0.29, 0.717) is 13.2 Å². The number of anilines is 1. The van der Waals surface area contributed by atoms with Gasteiger partial charge in [0, 0.05) is 13.1 Å². The number of aryl methyl sites for hydroxylation is 2. The van der Waals surface area contributed by atoms with Gasteiger partial charge in [0.15, 0.2) is 0 Å². The first kappa shape index (κ1) is 13.0. The van der Waals surface area contributed by atoms with Crippen molar-refractivity contribution in [3.05, 3.63) is 11.4 Å². The maximum atomic E-state index is 12.2. The molecule has 6 heteroatoms. The zero-order valence-electron chi connectivity index (χ0n) is 11.3. The highest BCUT2D eigenvalue weighted by Gasteiger charge is 2.33. The van der Waals surface area contributed by atoms with Crippen molar-refractivity contribution in [2.24, 2.45) is 13.0 Å². The van der Waals surface area contributed by atoms with Gasteiger partial charge in [0.2, 0.25) is 5.91 Å². The van der Waals surface area contributed by atoms with E-state index < -0.39 is 0 Å². The summed E-state index contributed by atoms with van der Waals surface area (Å²) in [7, 11) is 3.72. The molecule has 0 radical (unpaired) electrons. The van der Waals surface area contributed by atoms with E-state index in [0.717, 1.165) is 17.1 Å². The van der Waals surface area contributed by atoms with Crippen molar-refractivity contribution in [3.8, 4) is 0 Å². The number of hydrogen-bond acceptors (Lipinski definition) is 4. The highest BCUT2D eigenvalue weighted by atomic mass is 16.5. The molecule has 100 valence electrons. The van der Waals surface area contributed by atoms with Crippen LogP contribution in [0.4, 0.5) is 5.69 Å². The van der Waals surface area contributed by atoms with E-state index in [2.05, 4.69) is 15.7 Å². The number of nitrogens with one attached hydrogen (secondary N) is 2. The fraction of sp³-hybridized carbons (Fsp3) is 0.667. The number of carbonyl (C=O) groups excluding carboxylic acids is 1. The molecule has 0 aromatic carbocycles. The maximum Gasteiger partial charge on any atom is 0.231 e. The maximum absolute atomic E-state index is 12.2. The van der Waals surface area contributed by atoms with Gasteiger partial charge in [0.05, 0.1) is 36.2 Å². The van der Waals surface area contributed by atoms with Gasteiger partial charge in [-0.3, -0.25) is 9.48 Å². The molecule has 1 amide bonds. The van der Waals surface area contributed by atoms with Gasteiger partial charge in [0.25, 0.3) is 0 Å². The van der Waals surface area contributed by atoms with Crippen molar-refractivity contribution in [2.45, 2.75) is 19.9 Å². The minimum Gasteiger partial charge on any atom is -0.379 e. The van der Waals surface area contributed by atoms with Gasteiger partial charge < -0.3 is 15.4 Å². The molecule has 0 aliphatic carbocycles. The molecule has 2 N–H and O–H groups in total. The molecule has 0 saturated carbocycles. The summed E-state index contributed by atoms with van der Waals surface area (Å²) in [6.45, 7) is 4.88. The molecular weight excluding hydrogens is 232 g/mol. The number of amides is 1. The third-order valence-electron chi connectivity index (χ3n) is 3.55. The average Bonchev–Trinajstić information content (AvgIpc) is 2.90. The van der Waals surface area contributed by atoms with Crippen molar-refractivity contribution in [2.75, 3.05) is 25.6 Å². The molecule has 1 aliphatic rings. The van der Waals surface area contributed by atoms with E-state index in [1.807, 2.05) is 27.9 Å². The molecule has 2 heterocycles. The summed E-state index contributed by atoms with van der Waals surface area (Å²) < 4.78 is 7.11. The number of carbonyl (C=O) groups is 1. The molecule has 1 aromatic heterocycles. The van der Waals surface area contributed by atoms with E-state index in [9.17, 15) is 4.79 Å². The molecule has 1 saturated heterocycles. The molecular formula is C12H20N4O2. The van der Waals surface area contributed by atoms with Crippen LogP contribution in [0, 0.1) is 19.8 Å². The lowest BCUT2D eigenvalue weighted by Crippen LogP contribution is -2.39. The monoisotopic (exact) mass is 252 g/mol. The molecule has 2 atom stereocenters. The smallest absolute Gasteiger partial charge is 0.231 e. The molecule has 2 unspecified atom stereocenters. The van der Waals surface area contributed by atoms with Crippen LogP contribution in [0.15, 0.2) is 0 Å². The molecule has 1 fully saturated rings. The zero-order chi connectivity index (χ0) is 13.3. The fourth-order valence-corrected chi connectivity index (χ4v) is 2.27. The molecule has 6 nitrogen and oxygen atoms in total. The molecule has 1 aliphatic heterocycles. The Hall–Kier alpha value is -1.40. The summed E-state index contributed by atoms with van der Waals surface area (Å²) in [6, 6.07) is 0.0854. The highest BCUT2D eigenvalue weighted by molar-refractivity contribution is 5.94. The Balaban J connectivity index is 2.11. The van der Waals surface area contributed by atoms with Crippen molar-refractivity contribution in [1.82, 2.24) is 15.1 Å². The van der Waals surface area contributed by atoms with Gasteiger partial charge in [0.1, 0.15) is 0 Å². The Morgan fingerprint density at radius 2 is 2.17 bits per heavy atom. The third-order valence-corrected chi connectivity index (χ3v) is 3.55. The molecule has 2 rings (SSSR count). The van der Waals surface area contributed by atoms with Gasteiger partial charge in [-0.2, -0.15) is 5.10 Å². The Morgan fingerprint density at radius 1 is 1.44 bits per heavy atom. The summed E-state index contributed by atoms with van der Waals surface area (Å²) in [4.78, 5) is 12.2. The first-order chi connectivity index (χ1) is 8.54. The van der Waals surface area contributed by atoms with Crippen LogP contribution in [0.1, 0.15) is 11.4 Å². The SMILES string of the molecule is CNC1COCC1C(=O)Nc1c(C)nn(C)c1C. The second-order valence-corrected chi connectivity index (χ2v) is 4.70. The normalized spacial score (nSPS) is 23.3. The van der Waals surface area contributed by atoms with Gasteiger partial charge >= 0.3 is 0 Å². The van der Waals surface area contributed by atoms with Crippen molar-refractivity contribution >= 4 is 11.6 Å².